The molecule has 2 aliphatic rings. The Balaban J connectivity index is 1.54. The van der Waals surface area contributed by atoms with Crippen LogP contribution in [0.4, 0.5) is 5.82 Å². The van der Waals surface area contributed by atoms with Gasteiger partial charge < -0.3 is 20.0 Å². The van der Waals surface area contributed by atoms with E-state index in [0.29, 0.717) is 0 Å². The van der Waals surface area contributed by atoms with Crippen LogP contribution >= 0.6 is 11.8 Å². The fourth-order valence-corrected chi connectivity index (χ4v) is 4.57. The molecule has 0 saturated carbocycles. The molecule has 0 spiro atoms. The van der Waals surface area contributed by atoms with E-state index >= 15 is 0 Å². The van der Waals surface area contributed by atoms with Gasteiger partial charge in [0.2, 0.25) is 0 Å². The van der Waals surface area contributed by atoms with Crippen molar-refractivity contribution in [3.8, 4) is 0 Å². The van der Waals surface area contributed by atoms with Gasteiger partial charge in [-0.3, -0.25) is 4.99 Å². The Morgan fingerprint density at radius 3 is 2.62 bits per heavy atom. The summed E-state index contributed by atoms with van der Waals surface area (Å²) >= 11 is 2.04. The molecule has 0 atom stereocenters. The lowest BCUT2D eigenvalue weighted by atomic mass is 10.2. The van der Waals surface area contributed by atoms with E-state index in [1.165, 1.54) is 5.56 Å². The number of likely N-dealkylation sites (N-methyl/N-ethyl adjacent to an activating group) is 1. The van der Waals surface area contributed by atoms with E-state index in [-0.39, 0.29) is 4.75 Å². The van der Waals surface area contributed by atoms with E-state index in [4.69, 9.17) is 0 Å². The van der Waals surface area contributed by atoms with Crippen molar-refractivity contribution >= 4 is 23.5 Å². The number of rotatable bonds is 3. The van der Waals surface area contributed by atoms with Crippen molar-refractivity contribution in [2.45, 2.75) is 25.1 Å². The van der Waals surface area contributed by atoms with E-state index in [2.05, 4.69) is 63.0 Å². The van der Waals surface area contributed by atoms with Crippen LogP contribution in [0.3, 0.4) is 0 Å². The molecule has 1 aromatic heterocycles. The second-order valence-corrected chi connectivity index (χ2v) is 9.55. The highest BCUT2D eigenvalue weighted by molar-refractivity contribution is 8.00. The first kappa shape index (κ1) is 19.3. The van der Waals surface area contributed by atoms with Crippen LogP contribution in [0.5, 0.6) is 0 Å². The first-order chi connectivity index (χ1) is 12.5. The summed E-state index contributed by atoms with van der Waals surface area (Å²) in [6.45, 7) is 11.7. The predicted molar refractivity (Wildman–Crippen MR) is 112 cm³/mol. The smallest absolute Gasteiger partial charge is 0.193 e. The van der Waals surface area contributed by atoms with E-state index in [0.717, 1.165) is 63.3 Å². The molecule has 0 radical (unpaired) electrons. The highest BCUT2D eigenvalue weighted by atomic mass is 32.2. The molecule has 0 unspecified atom stereocenters. The predicted octanol–water partition coefficient (Wildman–Crippen LogP) is 1.74. The molecule has 144 valence electrons. The number of anilines is 1. The fourth-order valence-electron chi connectivity index (χ4n) is 3.45. The first-order valence-corrected chi connectivity index (χ1v) is 10.4. The largest absolute Gasteiger partial charge is 0.354 e. The maximum Gasteiger partial charge on any atom is 0.193 e. The Labute approximate surface area is 162 Å². The Morgan fingerprint density at radius 2 is 2.00 bits per heavy atom. The first-order valence-electron chi connectivity index (χ1n) is 9.45. The van der Waals surface area contributed by atoms with E-state index in [1.54, 1.807) is 0 Å². The molecule has 2 fully saturated rings. The zero-order chi connectivity index (χ0) is 18.6. The van der Waals surface area contributed by atoms with Crippen LogP contribution in [-0.2, 0) is 6.54 Å². The third kappa shape index (κ3) is 5.04. The van der Waals surface area contributed by atoms with Crippen molar-refractivity contribution in [1.29, 1.82) is 0 Å². The summed E-state index contributed by atoms with van der Waals surface area (Å²) in [4.78, 5) is 16.2. The van der Waals surface area contributed by atoms with Crippen LogP contribution in [0.1, 0.15) is 19.4 Å². The van der Waals surface area contributed by atoms with Crippen molar-refractivity contribution < 1.29 is 0 Å². The Bertz CT molecular complexity index is 607. The normalized spacial score (nSPS) is 21.8. The maximum absolute atomic E-state index is 4.68. The molecule has 0 amide bonds. The van der Waals surface area contributed by atoms with Crippen molar-refractivity contribution in [1.82, 2.24) is 20.1 Å². The summed E-state index contributed by atoms with van der Waals surface area (Å²) in [7, 11) is 4.04. The Hall–Kier alpha value is -1.47. The average Bonchev–Trinajstić information content (AvgIpc) is 2.63. The standard InChI is InChI=1S/C19H32N6S/c1-19(2)15-25(11-12-26-19)18(20-3)22-14-16-5-6-17(21-13-16)24-9-7-23(4)8-10-24/h5-6,13H,7-12,14-15H2,1-4H3,(H,20,22). The molecule has 1 aromatic rings. The van der Waals surface area contributed by atoms with E-state index in [9.17, 15) is 0 Å². The number of hydrogen-bond donors (Lipinski definition) is 1. The fraction of sp³-hybridized carbons (Fsp3) is 0.684. The minimum atomic E-state index is 0.279. The molecule has 7 heteroatoms. The number of nitrogens with zero attached hydrogens (tertiary/aromatic N) is 5. The van der Waals surface area contributed by atoms with Gasteiger partial charge in [0.15, 0.2) is 5.96 Å². The Morgan fingerprint density at radius 1 is 1.23 bits per heavy atom. The molecule has 26 heavy (non-hydrogen) atoms. The lowest BCUT2D eigenvalue weighted by Crippen LogP contribution is -2.50. The molecule has 0 aliphatic carbocycles. The van der Waals surface area contributed by atoms with Crippen LogP contribution in [-0.4, -0.2) is 84.6 Å². The van der Waals surface area contributed by atoms with Crippen molar-refractivity contribution in [3.05, 3.63) is 23.9 Å². The van der Waals surface area contributed by atoms with Gasteiger partial charge in [0, 0.05) is 69.6 Å². The van der Waals surface area contributed by atoms with Gasteiger partial charge in [-0.1, -0.05) is 6.07 Å². The second-order valence-electron chi connectivity index (χ2n) is 7.75. The third-order valence-electron chi connectivity index (χ3n) is 5.02. The van der Waals surface area contributed by atoms with Crippen molar-refractivity contribution in [3.63, 3.8) is 0 Å². The van der Waals surface area contributed by atoms with Crippen LogP contribution in [0, 0.1) is 0 Å². The summed E-state index contributed by atoms with van der Waals surface area (Å²) in [6, 6.07) is 4.32. The molecule has 3 heterocycles. The molecular weight excluding hydrogens is 344 g/mol. The minimum absolute atomic E-state index is 0.279. The zero-order valence-electron chi connectivity index (χ0n) is 16.5. The van der Waals surface area contributed by atoms with Gasteiger partial charge in [0.25, 0.3) is 0 Å². The molecule has 2 saturated heterocycles. The molecule has 3 rings (SSSR count). The van der Waals surface area contributed by atoms with Crippen LogP contribution in [0.2, 0.25) is 0 Å². The monoisotopic (exact) mass is 376 g/mol. The topological polar surface area (TPSA) is 47.0 Å². The summed E-state index contributed by atoms with van der Waals surface area (Å²) < 4.78 is 0.279. The average molecular weight is 377 g/mol. The Kier molecular flexibility index (Phi) is 6.29. The van der Waals surface area contributed by atoms with Gasteiger partial charge in [-0.2, -0.15) is 11.8 Å². The van der Waals surface area contributed by atoms with Crippen LogP contribution < -0.4 is 10.2 Å². The molecule has 2 aliphatic heterocycles. The number of thioether (sulfide) groups is 1. The summed E-state index contributed by atoms with van der Waals surface area (Å²) in [5.41, 5.74) is 1.19. The molecule has 6 nitrogen and oxygen atoms in total. The van der Waals surface area contributed by atoms with E-state index < -0.39 is 0 Å². The quantitative estimate of drug-likeness (QED) is 0.640. The lowest BCUT2D eigenvalue weighted by molar-refractivity contribution is 0.312. The molecule has 0 bridgehead atoms. The summed E-state index contributed by atoms with van der Waals surface area (Å²) in [5, 5.41) is 3.50. The number of pyridine rings is 1. The van der Waals surface area contributed by atoms with Crippen molar-refractivity contribution in [2.75, 3.05) is 64.0 Å². The van der Waals surface area contributed by atoms with Gasteiger partial charge in [0.1, 0.15) is 5.82 Å². The number of piperazine rings is 1. The van der Waals surface area contributed by atoms with Gasteiger partial charge in [-0.25, -0.2) is 4.98 Å². The van der Waals surface area contributed by atoms with Gasteiger partial charge in [-0.15, -0.1) is 0 Å². The molecule has 0 aromatic carbocycles. The second kappa shape index (κ2) is 8.48. The molecule has 1 N–H and O–H groups in total. The van der Waals surface area contributed by atoms with Crippen LogP contribution in [0.15, 0.2) is 23.3 Å². The van der Waals surface area contributed by atoms with Crippen LogP contribution in [0.25, 0.3) is 0 Å². The highest BCUT2D eigenvalue weighted by Gasteiger charge is 2.28. The summed E-state index contributed by atoms with van der Waals surface area (Å²) in [6.07, 6.45) is 1.99. The number of nitrogens with one attached hydrogen (secondary N) is 1. The van der Waals surface area contributed by atoms with E-state index in [1.807, 2.05) is 25.0 Å². The highest BCUT2D eigenvalue weighted by Crippen LogP contribution is 2.29. The summed E-state index contributed by atoms with van der Waals surface area (Å²) in [5.74, 6) is 3.22. The molecular formula is C19H32N6S. The van der Waals surface area contributed by atoms with Gasteiger partial charge in [0.05, 0.1) is 0 Å². The number of guanidine groups is 1. The SMILES string of the molecule is CN=C(NCc1ccc(N2CCN(C)CC2)nc1)N1CCSC(C)(C)C1. The third-order valence-corrected chi connectivity index (χ3v) is 6.32. The lowest BCUT2D eigenvalue weighted by Gasteiger charge is -2.39. The van der Waals surface area contributed by atoms with Gasteiger partial charge >= 0.3 is 0 Å². The zero-order valence-corrected chi connectivity index (χ0v) is 17.3. The van der Waals surface area contributed by atoms with Gasteiger partial charge in [-0.05, 0) is 32.5 Å². The number of aromatic nitrogens is 1. The maximum atomic E-state index is 4.68. The van der Waals surface area contributed by atoms with Crippen molar-refractivity contribution in [2.24, 2.45) is 4.99 Å². The number of hydrogen-bond acceptors (Lipinski definition) is 5. The number of aliphatic imine (C=N–C) groups is 1. The minimum Gasteiger partial charge on any atom is -0.354 e.